The summed E-state index contributed by atoms with van der Waals surface area (Å²) in [6, 6.07) is 0. The van der Waals surface area contributed by atoms with Gasteiger partial charge in [0.1, 0.15) is 0 Å². The third-order valence-corrected chi connectivity index (χ3v) is 0. The third-order valence-electron chi connectivity index (χ3n) is 0. The summed E-state index contributed by atoms with van der Waals surface area (Å²) in [7, 11) is 3.25. The molecule has 4 heavy (non-hydrogen) atoms. The Balaban J connectivity index is 0. The third kappa shape index (κ3) is 96.4. The van der Waals surface area contributed by atoms with E-state index in [1.165, 1.54) is 0 Å². The van der Waals surface area contributed by atoms with Crippen LogP contribution >= 0.6 is 0 Å². The van der Waals surface area contributed by atoms with Gasteiger partial charge >= 0.3 is 0 Å². The van der Waals surface area contributed by atoms with Crippen LogP contribution in [0.5, 0.6) is 0 Å². The van der Waals surface area contributed by atoms with Crippen LogP contribution in [-0.4, -0.2) is 25.2 Å². The maximum atomic E-state index is 4.25. The van der Waals surface area contributed by atoms with Crippen LogP contribution in [0.2, 0.25) is 0 Å². The number of methoxy groups -OCH3 is 1. The molecule has 0 spiro atoms. The van der Waals surface area contributed by atoms with Gasteiger partial charge in [-0.1, -0.05) is 0 Å². The molecular formula is C2H10OSi. The van der Waals surface area contributed by atoms with Crippen LogP contribution in [-0.2, 0) is 4.74 Å². The molecule has 0 aliphatic heterocycles. The zero-order chi connectivity index (χ0) is 2.71. The summed E-state index contributed by atoms with van der Waals surface area (Å²) in [5.41, 5.74) is 0. The second-order valence-corrected chi connectivity index (χ2v) is 0.408. The van der Waals surface area contributed by atoms with E-state index in [0.29, 0.717) is 0 Å². The molecule has 0 saturated heterocycles. The standard InChI is InChI=1S/C2H6O.H4Si/c1-3-2;/h1-2H3;1H4. The van der Waals surface area contributed by atoms with Crippen molar-refractivity contribution in [3.8, 4) is 0 Å². The summed E-state index contributed by atoms with van der Waals surface area (Å²) in [6.45, 7) is 0. The van der Waals surface area contributed by atoms with E-state index in [1.54, 1.807) is 14.2 Å². The van der Waals surface area contributed by atoms with Crippen LogP contribution in [0.3, 0.4) is 0 Å². The lowest BCUT2D eigenvalue weighted by Crippen LogP contribution is -1.55. The van der Waals surface area contributed by atoms with Crippen molar-refractivity contribution in [2.75, 3.05) is 14.2 Å². The number of rotatable bonds is 0. The Morgan fingerprint density at radius 3 is 1.25 bits per heavy atom. The summed E-state index contributed by atoms with van der Waals surface area (Å²) < 4.78 is 4.25. The van der Waals surface area contributed by atoms with Crippen molar-refractivity contribution < 1.29 is 4.74 Å². The monoisotopic (exact) mass is 78.1 g/mol. The van der Waals surface area contributed by atoms with E-state index in [2.05, 4.69) is 4.74 Å². The van der Waals surface area contributed by atoms with E-state index in [9.17, 15) is 0 Å². The van der Waals surface area contributed by atoms with Crippen molar-refractivity contribution in [3.63, 3.8) is 0 Å². The summed E-state index contributed by atoms with van der Waals surface area (Å²) in [5, 5.41) is 0. The highest BCUT2D eigenvalue weighted by Gasteiger charge is 1.25. The predicted octanol–water partition coefficient (Wildman–Crippen LogP) is -1.19. The summed E-state index contributed by atoms with van der Waals surface area (Å²) in [6.07, 6.45) is 0. The van der Waals surface area contributed by atoms with Crippen molar-refractivity contribution in [2.45, 2.75) is 0 Å². The van der Waals surface area contributed by atoms with Crippen molar-refractivity contribution in [1.82, 2.24) is 0 Å². The molecule has 0 aliphatic carbocycles. The molecule has 0 aliphatic rings. The van der Waals surface area contributed by atoms with Crippen molar-refractivity contribution in [2.24, 2.45) is 0 Å². The Labute approximate surface area is 31.0 Å². The minimum Gasteiger partial charge on any atom is -0.388 e. The lowest BCUT2D eigenvalue weighted by atomic mass is 11.6. The smallest absolute Gasteiger partial charge is 0.0351 e. The Morgan fingerprint density at radius 2 is 1.25 bits per heavy atom. The molecule has 0 rings (SSSR count). The van der Waals surface area contributed by atoms with E-state index in [0.717, 1.165) is 0 Å². The van der Waals surface area contributed by atoms with Gasteiger partial charge in [-0.25, -0.2) is 0 Å². The quantitative estimate of drug-likeness (QED) is 0.331. The molecule has 0 atom stereocenters. The normalized spacial score (nSPS) is 4.50. The highest BCUT2D eigenvalue weighted by atomic mass is 28.1. The maximum Gasteiger partial charge on any atom is 0.0351 e. The largest absolute Gasteiger partial charge is 0.388 e. The molecule has 2 heteroatoms. The molecule has 0 bridgehead atoms. The minimum atomic E-state index is 0. The van der Waals surface area contributed by atoms with Gasteiger partial charge in [-0.15, -0.1) is 0 Å². The van der Waals surface area contributed by atoms with Gasteiger partial charge < -0.3 is 4.74 Å². The van der Waals surface area contributed by atoms with Crippen LogP contribution in [0.4, 0.5) is 0 Å². The van der Waals surface area contributed by atoms with Crippen LogP contribution in [0.1, 0.15) is 0 Å². The first kappa shape index (κ1) is 8.90. The summed E-state index contributed by atoms with van der Waals surface area (Å²) >= 11 is 0. The molecule has 0 unspecified atom stereocenters. The van der Waals surface area contributed by atoms with Crippen molar-refractivity contribution >= 4 is 11.0 Å². The molecular weight excluding hydrogens is 68.1 g/mol. The molecule has 0 N–H and O–H groups in total. The summed E-state index contributed by atoms with van der Waals surface area (Å²) in [4.78, 5) is 0. The molecule has 0 aromatic heterocycles. The Bertz CT molecular complexity index is 6.00. The highest BCUT2D eigenvalue weighted by molar-refractivity contribution is 5.75. The van der Waals surface area contributed by atoms with Gasteiger partial charge in [0.15, 0.2) is 0 Å². The van der Waals surface area contributed by atoms with Crippen LogP contribution in [0, 0.1) is 0 Å². The Morgan fingerprint density at radius 1 is 1.25 bits per heavy atom. The molecule has 28 valence electrons. The SMILES string of the molecule is COC.[SiH4]. The average molecular weight is 78.2 g/mol. The second kappa shape index (κ2) is 10.9. The van der Waals surface area contributed by atoms with Gasteiger partial charge in [0.05, 0.1) is 0 Å². The van der Waals surface area contributed by atoms with Crippen molar-refractivity contribution in [3.05, 3.63) is 0 Å². The topological polar surface area (TPSA) is 9.23 Å². The van der Waals surface area contributed by atoms with Crippen LogP contribution in [0.25, 0.3) is 0 Å². The fourth-order valence-electron chi connectivity index (χ4n) is 0. The van der Waals surface area contributed by atoms with Crippen LogP contribution < -0.4 is 0 Å². The van der Waals surface area contributed by atoms with Gasteiger partial charge in [0.25, 0.3) is 0 Å². The fourth-order valence-corrected chi connectivity index (χ4v) is 0. The first-order valence-electron chi connectivity index (χ1n) is 0.816. The van der Waals surface area contributed by atoms with Gasteiger partial charge in [-0.3, -0.25) is 0 Å². The average Bonchev–Trinajstić information content (AvgIpc) is 0.918. The maximum absolute atomic E-state index is 4.25. The van der Waals surface area contributed by atoms with E-state index >= 15 is 0 Å². The molecule has 0 heterocycles. The molecule has 0 aromatic rings. The minimum absolute atomic E-state index is 0. The van der Waals surface area contributed by atoms with Gasteiger partial charge in [-0.05, 0) is 11.0 Å². The lowest BCUT2D eigenvalue weighted by molar-refractivity contribution is 0.277. The van der Waals surface area contributed by atoms with Gasteiger partial charge in [0.2, 0.25) is 0 Å². The van der Waals surface area contributed by atoms with Crippen molar-refractivity contribution in [1.29, 1.82) is 0 Å². The lowest BCUT2D eigenvalue weighted by Gasteiger charge is -1.61. The molecule has 0 aromatic carbocycles. The zero-order valence-corrected chi connectivity index (χ0v) is 2.41. The number of hydrogen-bond donors (Lipinski definition) is 0. The number of hydrogen-bond acceptors (Lipinski definition) is 1. The first-order chi connectivity index (χ1) is 1.41. The molecule has 1 nitrogen and oxygen atoms in total. The molecule has 0 fully saturated rings. The van der Waals surface area contributed by atoms with E-state index < -0.39 is 0 Å². The zero-order valence-electron chi connectivity index (χ0n) is 2.41. The van der Waals surface area contributed by atoms with Gasteiger partial charge in [-0.2, -0.15) is 0 Å². The van der Waals surface area contributed by atoms with E-state index in [4.69, 9.17) is 0 Å². The molecule has 0 amide bonds. The van der Waals surface area contributed by atoms with E-state index in [-0.39, 0.29) is 11.0 Å². The number of ether oxygens (including phenoxy) is 1. The first-order valence-corrected chi connectivity index (χ1v) is 0.816. The molecule has 0 saturated carbocycles. The Hall–Kier alpha value is 0.177. The Kier molecular flexibility index (Phi) is 24.2. The second-order valence-electron chi connectivity index (χ2n) is 0.408. The van der Waals surface area contributed by atoms with E-state index in [1.807, 2.05) is 0 Å². The van der Waals surface area contributed by atoms with Gasteiger partial charge in [0, 0.05) is 14.2 Å². The van der Waals surface area contributed by atoms with Crippen LogP contribution in [0.15, 0.2) is 0 Å². The predicted molar refractivity (Wildman–Crippen MR) is 24.3 cm³/mol. The fraction of sp³-hybridized carbons (Fsp3) is 1.00. The molecule has 0 radical (unpaired) electrons. The summed E-state index contributed by atoms with van der Waals surface area (Å²) in [5.74, 6) is 0. The highest BCUT2D eigenvalue weighted by Crippen LogP contribution is 1.28.